The van der Waals surface area contributed by atoms with E-state index in [4.69, 9.17) is 9.31 Å². The molecule has 1 aliphatic heterocycles. The quantitative estimate of drug-likeness (QED) is 0.485. The third-order valence-corrected chi connectivity index (χ3v) is 7.37. The van der Waals surface area contributed by atoms with Crippen molar-refractivity contribution in [2.75, 3.05) is 0 Å². The summed E-state index contributed by atoms with van der Waals surface area (Å²) in [6, 6.07) is 9.15. The van der Waals surface area contributed by atoms with Crippen molar-refractivity contribution < 1.29 is 22.1 Å². The van der Waals surface area contributed by atoms with Crippen LogP contribution < -0.4 is 5.46 Å². The highest BCUT2D eigenvalue weighted by molar-refractivity contribution is 7.90. The lowest BCUT2D eigenvalue weighted by molar-refractivity contribution is 0.00578. The molecule has 29 heavy (non-hydrogen) atoms. The number of hydrogen-bond donors (Lipinski definition) is 0. The first-order chi connectivity index (χ1) is 13.4. The molecule has 3 heterocycles. The molecule has 6 nitrogen and oxygen atoms in total. The number of rotatable bonds is 3. The van der Waals surface area contributed by atoms with Gasteiger partial charge in [0.2, 0.25) is 5.95 Å². The van der Waals surface area contributed by atoms with E-state index in [1.807, 2.05) is 34.6 Å². The van der Waals surface area contributed by atoms with Crippen LogP contribution in [0.4, 0.5) is 4.39 Å². The molecule has 1 saturated heterocycles. The lowest BCUT2D eigenvalue weighted by Gasteiger charge is -2.32. The van der Waals surface area contributed by atoms with Gasteiger partial charge in [-0.2, -0.15) is 4.39 Å². The first-order valence-electron chi connectivity index (χ1n) is 9.28. The molecular formula is C20H22BFN2O4S. The fourth-order valence-corrected chi connectivity index (χ4v) is 4.57. The number of benzene rings is 1. The number of fused-ring (bicyclic) bond motifs is 1. The van der Waals surface area contributed by atoms with Crippen LogP contribution in [0.25, 0.3) is 11.0 Å². The van der Waals surface area contributed by atoms with Crippen LogP contribution >= 0.6 is 0 Å². The molecule has 0 bridgehead atoms. The Hall–Kier alpha value is -2.23. The lowest BCUT2D eigenvalue weighted by Crippen LogP contribution is -2.41. The Balaban J connectivity index is 1.91. The smallest absolute Gasteiger partial charge is 0.399 e. The standard InChI is InChI=1S/C20H22BFN2O4S/c1-13-6-8-14(9-7-13)29(25,26)24-12-16(15-10-11-17(22)23-18(15)24)21-27-19(2,3)20(4,5)28-21/h6-12H,1-5H3. The van der Waals surface area contributed by atoms with Gasteiger partial charge in [0.05, 0.1) is 16.1 Å². The average molecular weight is 416 g/mol. The fourth-order valence-electron chi connectivity index (χ4n) is 3.24. The predicted octanol–water partition coefficient (Wildman–Crippen LogP) is 3.02. The molecule has 0 unspecified atom stereocenters. The molecular weight excluding hydrogens is 394 g/mol. The molecule has 152 valence electrons. The highest BCUT2D eigenvalue weighted by atomic mass is 32.2. The molecule has 1 aromatic carbocycles. The SMILES string of the molecule is Cc1ccc(S(=O)(=O)n2cc(B3OC(C)(C)C(C)(C)O3)c3ccc(F)nc32)cc1. The summed E-state index contributed by atoms with van der Waals surface area (Å²) in [5, 5.41) is 0.459. The molecule has 0 saturated carbocycles. The van der Waals surface area contributed by atoms with Gasteiger partial charge in [-0.05, 0) is 58.9 Å². The maximum Gasteiger partial charge on any atom is 0.497 e. The molecule has 0 radical (unpaired) electrons. The first-order valence-corrected chi connectivity index (χ1v) is 10.7. The van der Waals surface area contributed by atoms with E-state index in [2.05, 4.69) is 4.98 Å². The molecule has 0 atom stereocenters. The van der Waals surface area contributed by atoms with Crippen molar-refractivity contribution in [2.45, 2.75) is 50.7 Å². The van der Waals surface area contributed by atoms with Gasteiger partial charge in [-0.25, -0.2) is 17.4 Å². The van der Waals surface area contributed by atoms with Gasteiger partial charge in [0, 0.05) is 17.0 Å². The van der Waals surface area contributed by atoms with Gasteiger partial charge in [-0.3, -0.25) is 0 Å². The Bertz CT molecular complexity index is 1190. The van der Waals surface area contributed by atoms with Crippen molar-refractivity contribution >= 4 is 33.6 Å². The molecule has 2 aromatic heterocycles. The minimum absolute atomic E-state index is 0.00436. The molecule has 3 aromatic rings. The number of nitrogens with zero attached hydrogens (tertiary/aromatic N) is 2. The van der Waals surface area contributed by atoms with Gasteiger partial charge < -0.3 is 9.31 Å². The highest BCUT2D eigenvalue weighted by Crippen LogP contribution is 2.37. The molecule has 4 rings (SSSR count). The van der Waals surface area contributed by atoms with Crippen molar-refractivity contribution in [3.05, 3.63) is 54.1 Å². The summed E-state index contributed by atoms with van der Waals surface area (Å²) in [5.41, 5.74) is 0.214. The van der Waals surface area contributed by atoms with Crippen LogP contribution in [0.5, 0.6) is 0 Å². The molecule has 9 heteroatoms. The fraction of sp³-hybridized carbons (Fsp3) is 0.350. The third kappa shape index (κ3) is 3.17. The van der Waals surface area contributed by atoms with Crippen molar-refractivity contribution in [3.8, 4) is 0 Å². The zero-order valence-corrected chi connectivity index (χ0v) is 17.7. The Kier molecular flexibility index (Phi) is 4.42. The van der Waals surface area contributed by atoms with E-state index >= 15 is 0 Å². The number of hydrogen-bond acceptors (Lipinski definition) is 5. The van der Waals surface area contributed by atoms with E-state index in [1.165, 1.54) is 30.5 Å². The number of aryl methyl sites for hydroxylation is 1. The van der Waals surface area contributed by atoms with Crippen molar-refractivity contribution in [1.82, 2.24) is 8.96 Å². The largest absolute Gasteiger partial charge is 0.497 e. The second-order valence-corrected chi connectivity index (χ2v) is 10.1. The summed E-state index contributed by atoms with van der Waals surface area (Å²) in [6.07, 6.45) is 1.41. The molecule has 0 N–H and O–H groups in total. The van der Waals surface area contributed by atoms with Crippen molar-refractivity contribution in [2.24, 2.45) is 0 Å². The second kappa shape index (κ2) is 6.39. The van der Waals surface area contributed by atoms with E-state index in [-0.39, 0.29) is 10.5 Å². The minimum atomic E-state index is -3.99. The van der Waals surface area contributed by atoms with Crippen LogP contribution in [0.1, 0.15) is 33.3 Å². The Labute approximate surface area is 169 Å². The Morgan fingerprint density at radius 3 is 2.17 bits per heavy atom. The van der Waals surface area contributed by atoms with Gasteiger partial charge in [-0.15, -0.1) is 0 Å². The van der Waals surface area contributed by atoms with Crippen LogP contribution in [-0.2, 0) is 19.3 Å². The second-order valence-electron chi connectivity index (χ2n) is 8.29. The number of aromatic nitrogens is 2. The van der Waals surface area contributed by atoms with Crippen LogP contribution in [0.3, 0.4) is 0 Å². The predicted molar refractivity (Wildman–Crippen MR) is 109 cm³/mol. The molecule has 0 aliphatic carbocycles. The average Bonchev–Trinajstić information content (AvgIpc) is 3.09. The van der Waals surface area contributed by atoms with Crippen molar-refractivity contribution in [1.29, 1.82) is 0 Å². The number of halogens is 1. The minimum Gasteiger partial charge on any atom is -0.399 e. The summed E-state index contributed by atoms with van der Waals surface area (Å²) in [5.74, 6) is -0.767. The van der Waals surface area contributed by atoms with Gasteiger partial charge in [0.1, 0.15) is 0 Å². The lowest BCUT2D eigenvalue weighted by atomic mass is 9.79. The number of pyridine rings is 1. The van der Waals surface area contributed by atoms with Gasteiger partial charge in [-0.1, -0.05) is 17.7 Å². The topological polar surface area (TPSA) is 70.4 Å². The normalized spacial score (nSPS) is 18.5. The molecule has 1 fully saturated rings. The summed E-state index contributed by atoms with van der Waals surface area (Å²) < 4.78 is 53.6. The highest BCUT2D eigenvalue weighted by Gasteiger charge is 2.52. The zero-order chi connectivity index (χ0) is 21.2. The van der Waals surface area contributed by atoms with E-state index in [9.17, 15) is 12.8 Å². The maximum atomic E-state index is 13.9. The molecule has 1 aliphatic rings. The van der Waals surface area contributed by atoms with Crippen molar-refractivity contribution in [3.63, 3.8) is 0 Å². The summed E-state index contributed by atoms with van der Waals surface area (Å²) in [4.78, 5) is 3.95. The Morgan fingerprint density at radius 1 is 1.00 bits per heavy atom. The zero-order valence-electron chi connectivity index (χ0n) is 16.9. The Morgan fingerprint density at radius 2 is 1.59 bits per heavy atom. The summed E-state index contributed by atoms with van der Waals surface area (Å²) in [7, 11) is -4.79. The summed E-state index contributed by atoms with van der Waals surface area (Å²) in [6.45, 7) is 9.51. The molecule has 0 spiro atoms. The summed E-state index contributed by atoms with van der Waals surface area (Å²) >= 11 is 0. The van der Waals surface area contributed by atoms with Crippen LogP contribution in [0.2, 0.25) is 0 Å². The maximum absolute atomic E-state index is 13.9. The van der Waals surface area contributed by atoms with E-state index in [0.29, 0.717) is 10.8 Å². The molecule has 0 amide bonds. The van der Waals surface area contributed by atoms with Gasteiger partial charge in [0.25, 0.3) is 10.0 Å². The van der Waals surface area contributed by atoms with Crippen LogP contribution in [0, 0.1) is 12.9 Å². The van der Waals surface area contributed by atoms with E-state index in [1.54, 1.807) is 12.1 Å². The van der Waals surface area contributed by atoms with Crippen LogP contribution in [0.15, 0.2) is 47.5 Å². The monoisotopic (exact) mass is 416 g/mol. The van der Waals surface area contributed by atoms with Gasteiger partial charge >= 0.3 is 7.12 Å². The van der Waals surface area contributed by atoms with Crippen LogP contribution in [-0.4, -0.2) is 35.7 Å². The van der Waals surface area contributed by atoms with Gasteiger partial charge in [0.15, 0.2) is 5.65 Å². The van der Waals surface area contributed by atoms with E-state index < -0.39 is 34.3 Å². The first kappa shape index (κ1) is 20.1. The van der Waals surface area contributed by atoms with E-state index in [0.717, 1.165) is 9.54 Å². The third-order valence-electron chi connectivity index (χ3n) is 5.70.